The number of hydrogen-bond donors (Lipinski definition) is 3. The molecule has 1 atom stereocenters. The lowest BCUT2D eigenvalue weighted by Crippen LogP contribution is -2.35. The molecule has 28 heavy (non-hydrogen) atoms. The zero-order chi connectivity index (χ0) is 19.8. The molecule has 0 radical (unpaired) electrons. The Labute approximate surface area is 162 Å². The van der Waals surface area contributed by atoms with Gasteiger partial charge in [-0.3, -0.25) is 0 Å². The third-order valence-electron chi connectivity index (χ3n) is 4.62. The van der Waals surface area contributed by atoms with E-state index in [1.807, 2.05) is 45.9 Å². The molecule has 144 valence electrons. The summed E-state index contributed by atoms with van der Waals surface area (Å²) in [6.45, 7) is 7.95. The molecule has 3 aromatic heterocycles. The van der Waals surface area contributed by atoms with Crippen molar-refractivity contribution in [1.82, 2.24) is 29.9 Å². The summed E-state index contributed by atoms with van der Waals surface area (Å²) >= 11 is 0. The molecule has 0 aliphatic carbocycles. The number of carbonyl (C=O) groups is 1. The lowest BCUT2D eigenvalue weighted by molar-refractivity contribution is 0.244. The first kappa shape index (κ1) is 18.0. The summed E-state index contributed by atoms with van der Waals surface area (Å²) in [5, 5.41) is 10.2. The number of aromatic amines is 1. The average molecular weight is 377 g/mol. The van der Waals surface area contributed by atoms with Gasteiger partial charge in [0.25, 0.3) is 0 Å². The van der Waals surface area contributed by atoms with Crippen LogP contribution in [0.5, 0.6) is 0 Å². The molecule has 8 nitrogen and oxygen atoms in total. The topological polar surface area (TPSA) is 100 Å². The minimum atomic E-state index is -0.316. The fourth-order valence-corrected chi connectivity index (χ4v) is 3.25. The lowest BCUT2D eigenvalue weighted by Gasteiger charge is -2.20. The molecule has 4 aromatic rings. The van der Waals surface area contributed by atoms with Crippen LogP contribution in [0.15, 0.2) is 36.5 Å². The molecule has 0 unspecified atom stereocenters. The van der Waals surface area contributed by atoms with Crippen molar-refractivity contribution < 1.29 is 4.79 Å². The van der Waals surface area contributed by atoms with Gasteiger partial charge < -0.3 is 15.6 Å². The van der Waals surface area contributed by atoms with Crippen molar-refractivity contribution in [3.8, 4) is 0 Å². The maximum Gasteiger partial charge on any atom is 0.319 e. The Morgan fingerprint density at radius 2 is 2.00 bits per heavy atom. The van der Waals surface area contributed by atoms with E-state index in [2.05, 4.69) is 36.8 Å². The van der Waals surface area contributed by atoms with Gasteiger partial charge in [-0.15, -0.1) is 0 Å². The van der Waals surface area contributed by atoms with Crippen molar-refractivity contribution in [3.63, 3.8) is 0 Å². The van der Waals surface area contributed by atoms with E-state index >= 15 is 0 Å². The molecule has 0 bridgehead atoms. The smallest absolute Gasteiger partial charge is 0.319 e. The standard InChI is InChI=1S/C20H23N7O/c1-11(2)17(18-22-14-8-7-12(3)10-16(14)23-18)25-20(28)24-15-6-5-9-27-19(15)21-13(4)26-27/h5-11,17H,1-4H3,(H,22,23)(H2,24,25,28)/t17-/m0/s1. The monoisotopic (exact) mass is 377 g/mol. The number of urea groups is 1. The highest BCUT2D eigenvalue weighted by Crippen LogP contribution is 2.23. The highest BCUT2D eigenvalue weighted by molar-refractivity contribution is 5.93. The molecule has 0 fully saturated rings. The number of aryl methyl sites for hydroxylation is 2. The number of carbonyl (C=O) groups excluding carboxylic acids is 1. The number of nitrogens with one attached hydrogen (secondary N) is 3. The third-order valence-corrected chi connectivity index (χ3v) is 4.62. The number of benzene rings is 1. The molecule has 1 aromatic carbocycles. The van der Waals surface area contributed by atoms with E-state index in [-0.39, 0.29) is 18.0 Å². The van der Waals surface area contributed by atoms with Gasteiger partial charge >= 0.3 is 6.03 Å². The number of rotatable bonds is 4. The Balaban J connectivity index is 1.57. The Kier molecular flexibility index (Phi) is 4.46. The fraction of sp³-hybridized carbons (Fsp3) is 0.300. The number of anilines is 1. The Morgan fingerprint density at radius 3 is 2.79 bits per heavy atom. The molecule has 0 spiro atoms. The molecule has 3 heterocycles. The van der Waals surface area contributed by atoms with Crippen LogP contribution in [0.4, 0.5) is 10.5 Å². The molecule has 0 saturated heterocycles. The largest absolute Gasteiger partial charge is 0.340 e. The predicted octanol–water partition coefficient (Wildman–Crippen LogP) is 3.74. The van der Waals surface area contributed by atoms with Crippen LogP contribution in [0.1, 0.15) is 37.1 Å². The molecular weight excluding hydrogens is 354 g/mol. The van der Waals surface area contributed by atoms with Gasteiger partial charge in [0.05, 0.1) is 22.8 Å². The summed E-state index contributed by atoms with van der Waals surface area (Å²) < 4.78 is 1.65. The minimum absolute atomic E-state index is 0.151. The second-order valence-corrected chi connectivity index (χ2v) is 7.31. The third kappa shape index (κ3) is 3.40. The highest BCUT2D eigenvalue weighted by atomic mass is 16.2. The number of imidazole rings is 1. The lowest BCUT2D eigenvalue weighted by atomic mass is 10.0. The van der Waals surface area contributed by atoms with Crippen LogP contribution in [-0.2, 0) is 0 Å². The molecule has 8 heteroatoms. The predicted molar refractivity (Wildman–Crippen MR) is 108 cm³/mol. The highest BCUT2D eigenvalue weighted by Gasteiger charge is 2.22. The number of aromatic nitrogens is 5. The quantitative estimate of drug-likeness (QED) is 0.504. The summed E-state index contributed by atoms with van der Waals surface area (Å²) in [6, 6.07) is 9.11. The van der Waals surface area contributed by atoms with Crippen molar-refractivity contribution >= 4 is 28.4 Å². The second kappa shape index (κ2) is 6.95. The minimum Gasteiger partial charge on any atom is -0.340 e. The number of H-pyrrole nitrogens is 1. The fourth-order valence-electron chi connectivity index (χ4n) is 3.25. The van der Waals surface area contributed by atoms with Crippen molar-refractivity contribution in [3.05, 3.63) is 53.7 Å². The van der Waals surface area contributed by atoms with E-state index in [1.165, 1.54) is 0 Å². The first-order valence-corrected chi connectivity index (χ1v) is 9.26. The van der Waals surface area contributed by atoms with Crippen molar-refractivity contribution in [2.45, 2.75) is 33.7 Å². The molecule has 4 rings (SSSR count). The summed E-state index contributed by atoms with van der Waals surface area (Å²) in [5.41, 5.74) is 4.22. The summed E-state index contributed by atoms with van der Waals surface area (Å²) in [5.74, 6) is 1.54. The van der Waals surface area contributed by atoms with Crippen molar-refractivity contribution in [1.29, 1.82) is 0 Å². The van der Waals surface area contributed by atoms with Gasteiger partial charge in [0.1, 0.15) is 11.6 Å². The normalized spacial score (nSPS) is 12.6. The Hall–Kier alpha value is -3.42. The molecule has 0 aliphatic rings. The Bertz CT molecular complexity index is 1160. The van der Waals surface area contributed by atoms with Crippen LogP contribution in [0.2, 0.25) is 0 Å². The van der Waals surface area contributed by atoms with Crippen LogP contribution in [0.3, 0.4) is 0 Å². The number of fused-ring (bicyclic) bond motifs is 2. The van der Waals surface area contributed by atoms with Gasteiger partial charge in [0.15, 0.2) is 5.65 Å². The van der Waals surface area contributed by atoms with E-state index < -0.39 is 0 Å². The van der Waals surface area contributed by atoms with Gasteiger partial charge in [-0.2, -0.15) is 5.10 Å². The molecule has 2 amide bonds. The van der Waals surface area contributed by atoms with Crippen LogP contribution < -0.4 is 10.6 Å². The average Bonchev–Trinajstić information content (AvgIpc) is 3.22. The Morgan fingerprint density at radius 1 is 1.18 bits per heavy atom. The molecule has 0 aliphatic heterocycles. The number of hydrogen-bond acceptors (Lipinski definition) is 4. The SMILES string of the molecule is Cc1ccc2nc([C@@H](NC(=O)Nc3cccn4nc(C)nc34)C(C)C)[nH]c2c1. The van der Waals surface area contributed by atoms with Gasteiger partial charge in [-0.05, 0) is 49.6 Å². The van der Waals surface area contributed by atoms with Gasteiger partial charge in [-0.1, -0.05) is 19.9 Å². The number of pyridine rings is 1. The van der Waals surface area contributed by atoms with Crippen LogP contribution in [0.25, 0.3) is 16.7 Å². The van der Waals surface area contributed by atoms with E-state index in [0.717, 1.165) is 22.4 Å². The molecule has 3 N–H and O–H groups in total. The van der Waals surface area contributed by atoms with Crippen LogP contribution in [0, 0.1) is 19.8 Å². The van der Waals surface area contributed by atoms with E-state index in [9.17, 15) is 4.79 Å². The maximum absolute atomic E-state index is 12.7. The van der Waals surface area contributed by atoms with E-state index in [1.54, 1.807) is 16.8 Å². The van der Waals surface area contributed by atoms with Gasteiger partial charge in [-0.25, -0.2) is 19.3 Å². The molecule has 0 saturated carbocycles. The van der Waals surface area contributed by atoms with Crippen molar-refractivity contribution in [2.75, 3.05) is 5.32 Å². The molecular formula is C20H23N7O. The first-order valence-electron chi connectivity index (χ1n) is 9.26. The van der Waals surface area contributed by atoms with E-state index in [4.69, 9.17) is 0 Å². The van der Waals surface area contributed by atoms with E-state index in [0.29, 0.717) is 17.2 Å². The summed E-state index contributed by atoms with van der Waals surface area (Å²) in [4.78, 5) is 25.1. The second-order valence-electron chi connectivity index (χ2n) is 7.31. The zero-order valence-electron chi connectivity index (χ0n) is 16.3. The number of amides is 2. The first-order chi connectivity index (χ1) is 13.4. The van der Waals surface area contributed by atoms with Crippen LogP contribution in [-0.4, -0.2) is 30.6 Å². The van der Waals surface area contributed by atoms with Crippen LogP contribution >= 0.6 is 0 Å². The van der Waals surface area contributed by atoms with Gasteiger partial charge in [0, 0.05) is 6.20 Å². The van der Waals surface area contributed by atoms with Gasteiger partial charge in [0.2, 0.25) is 0 Å². The van der Waals surface area contributed by atoms with Crippen molar-refractivity contribution in [2.24, 2.45) is 5.92 Å². The summed E-state index contributed by atoms with van der Waals surface area (Å²) in [7, 11) is 0. The zero-order valence-corrected chi connectivity index (χ0v) is 16.3. The number of nitrogens with zero attached hydrogens (tertiary/aromatic N) is 4. The summed E-state index contributed by atoms with van der Waals surface area (Å²) in [6.07, 6.45) is 1.80. The maximum atomic E-state index is 12.7.